The van der Waals surface area contributed by atoms with E-state index >= 15 is 0 Å². The zero-order chi connectivity index (χ0) is 32.4. The van der Waals surface area contributed by atoms with Crippen molar-refractivity contribution in [1.29, 1.82) is 0 Å². The van der Waals surface area contributed by atoms with E-state index in [2.05, 4.69) is 68.6 Å². The summed E-state index contributed by atoms with van der Waals surface area (Å²) in [6.45, 7) is 10.3. The van der Waals surface area contributed by atoms with Crippen molar-refractivity contribution >= 4 is 17.4 Å². The van der Waals surface area contributed by atoms with Crippen molar-refractivity contribution in [3.8, 4) is 5.75 Å². The van der Waals surface area contributed by atoms with Gasteiger partial charge in [-0.15, -0.1) is 0 Å². The number of carbonyl (C=O) groups is 2. The summed E-state index contributed by atoms with van der Waals surface area (Å²) in [5.74, 6) is 1.05. The van der Waals surface area contributed by atoms with Gasteiger partial charge in [0.2, 0.25) is 5.91 Å². The van der Waals surface area contributed by atoms with Crippen LogP contribution < -0.4 is 10.1 Å². The number of aryl methyl sites for hydroxylation is 2. The van der Waals surface area contributed by atoms with Crippen molar-refractivity contribution in [1.82, 2.24) is 15.1 Å². The topological polar surface area (TPSA) is 82.1 Å². The fourth-order valence-corrected chi connectivity index (χ4v) is 7.09. The number of aliphatic hydroxyl groups is 1. The second-order valence-electron chi connectivity index (χ2n) is 13.3. The molecule has 3 aliphatic rings. The number of ether oxygens (including phenoxy) is 1. The van der Waals surface area contributed by atoms with Crippen LogP contribution in [0.2, 0.25) is 0 Å². The normalized spacial score (nSPS) is 19.3. The maximum Gasteiger partial charge on any atom is 0.252 e. The van der Waals surface area contributed by atoms with Gasteiger partial charge in [-0.25, -0.2) is 0 Å². The lowest BCUT2D eigenvalue weighted by molar-refractivity contribution is -0.132. The molecule has 2 bridgehead atoms. The van der Waals surface area contributed by atoms with Gasteiger partial charge in [0.1, 0.15) is 5.75 Å². The van der Waals surface area contributed by atoms with Crippen molar-refractivity contribution < 1.29 is 19.4 Å². The van der Waals surface area contributed by atoms with Gasteiger partial charge in [0.25, 0.3) is 5.91 Å². The van der Waals surface area contributed by atoms with E-state index in [1.54, 1.807) is 6.92 Å². The zero-order valence-corrected chi connectivity index (χ0v) is 27.6. The van der Waals surface area contributed by atoms with Crippen molar-refractivity contribution in [3.05, 3.63) is 105 Å². The highest BCUT2D eigenvalue weighted by molar-refractivity contribution is 6.03. The van der Waals surface area contributed by atoms with E-state index in [9.17, 15) is 14.7 Å². The number of piperazine rings is 1. The van der Waals surface area contributed by atoms with Crippen molar-refractivity contribution in [2.24, 2.45) is 0 Å². The first-order valence-electron chi connectivity index (χ1n) is 16.7. The summed E-state index contributed by atoms with van der Waals surface area (Å²) >= 11 is 0. The van der Waals surface area contributed by atoms with E-state index < -0.39 is 0 Å². The van der Waals surface area contributed by atoms with E-state index in [1.807, 2.05) is 28.0 Å². The van der Waals surface area contributed by atoms with Gasteiger partial charge < -0.3 is 25.0 Å². The molecule has 46 heavy (non-hydrogen) atoms. The van der Waals surface area contributed by atoms with Gasteiger partial charge in [0, 0.05) is 57.2 Å². The molecular formula is C39H47N3O4. The molecule has 7 heteroatoms. The molecule has 2 heterocycles. The van der Waals surface area contributed by atoms with Gasteiger partial charge in [-0.1, -0.05) is 54.6 Å². The number of rotatable bonds is 11. The number of hydrogen-bond acceptors (Lipinski definition) is 5. The van der Waals surface area contributed by atoms with Gasteiger partial charge in [0.05, 0.1) is 12.6 Å². The molecule has 0 radical (unpaired) electrons. The van der Waals surface area contributed by atoms with Crippen LogP contribution in [-0.4, -0.2) is 71.1 Å². The molecule has 3 aromatic carbocycles. The first-order valence-corrected chi connectivity index (χ1v) is 16.7. The maximum atomic E-state index is 14.7. The Balaban J connectivity index is 1.27. The summed E-state index contributed by atoms with van der Waals surface area (Å²) in [5.41, 5.74) is 9.92. The van der Waals surface area contributed by atoms with Crippen molar-refractivity contribution in [2.75, 3.05) is 26.3 Å². The number of aliphatic hydroxyl groups excluding tert-OH is 1. The number of nitrogens with one attached hydrogen (secondary N) is 1. The van der Waals surface area contributed by atoms with Crippen LogP contribution in [0.4, 0.5) is 0 Å². The molecule has 0 spiro atoms. The second kappa shape index (κ2) is 13.8. The number of nitrogens with zero attached hydrogens (tertiary/aromatic N) is 2. The molecule has 2 fully saturated rings. The summed E-state index contributed by atoms with van der Waals surface area (Å²) in [4.78, 5) is 31.1. The summed E-state index contributed by atoms with van der Waals surface area (Å²) in [5, 5.41) is 13.4. The molecule has 1 unspecified atom stereocenters. The predicted molar refractivity (Wildman–Crippen MR) is 182 cm³/mol. The van der Waals surface area contributed by atoms with E-state index in [-0.39, 0.29) is 36.5 Å². The number of amides is 2. The highest BCUT2D eigenvalue weighted by Crippen LogP contribution is 2.37. The minimum absolute atomic E-state index is 0.0475. The average molecular weight is 622 g/mol. The molecule has 0 aromatic heterocycles. The van der Waals surface area contributed by atoms with Gasteiger partial charge in [-0.05, 0) is 97.0 Å². The predicted octanol–water partition coefficient (Wildman–Crippen LogP) is 5.31. The maximum absolute atomic E-state index is 14.7. The minimum Gasteiger partial charge on any atom is -0.493 e. The van der Waals surface area contributed by atoms with E-state index in [4.69, 9.17) is 4.74 Å². The van der Waals surface area contributed by atoms with Crippen LogP contribution in [-0.2, 0) is 29.0 Å². The molecule has 2 aliphatic heterocycles. The largest absolute Gasteiger partial charge is 0.493 e. The van der Waals surface area contributed by atoms with E-state index in [0.717, 1.165) is 52.8 Å². The Labute approximate surface area is 273 Å². The molecule has 7 nitrogen and oxygen atoms in total. The number of carbonyl (C=O) groups excluding carboxylic acids is 2. The van der Waals surface area contributed by atoms with Gasteiger partial charge in [-0.2, -0.15) is 0 Å². The van der Waals surface area contributed by atoms with Crippen molar-refractivity contribution in [2.45, 2.75) is 84.5 Å². The fraction of sp³-hybridized carbons (Fsp3) is 0.436. The molecule has 1 saturated heterocycles. The Hall–Kier alpha value is -3.94. The number of hydrogen-bond donors (Lipinski definition) is 2. The molecular weight excluding hydrogens is 574 g/mol. The summed E-state index contributed by atoms with van der Waals surface area (Å²) < 4.78 is 6.19. The highest BCUT2D eigenvalue weighted by Gasteiger charge is 2.43. The van der Waals surface area contributed by atoms with E-state index in [1.165, 1.54) is 22.3 Å². The molecule has 3 aromatic rings. The van der Waals surface area contributed by atoms with Crippen LogP contribution >= 0.6 is 0 Å². The SMILES string of the molecule is CC(=O)N1CC2CC(c3ccc(CCOc4cc(C)cc(C)c4C)cc3)=C(C(=O)N(Cc3ccccc3CCO)C3CC3)[C@@H](C1)N2. The molecule has 242 valence electrons. The first-order chi connectivity index (χ1) is 22.2. The molecule has 2 atom stereocenters. The van der Waals surface area contributed by atoms with Gasteiger partial charge in [-0.3, -0.25) is 9.59 Å². The van der Waals surface area contributed by atoms with Crippen LogP contribution in [0.15, 0.2) is 66.2 Å². The summed E-state index contributed by atoms with van der Waals surface area (Å²) in [7, 11) is 0. The zero-order valence-electron chi connectivity index (χ0n) is 27.6. The molecule has 2 N–H and O–H groups in total. The smallest absolute Gasteiger partial charge is 0.252 e. The Morgan fingerprint density at radius 1 is 0.978 bits per heavy atom. The molecule has 1 aliphatic carbocycles. The average Bonchev–Trinajstić information content (AvgIpc) is 3.88. The number of fused-ring (bicyclic) bond motifs is 2. The quantitative estimate of drug-likeness (QED) is 0.304. The van der Waals surface area contributed by atoms with Crippen LogP contribution in [0.25, 0.3) is 5.57 Å². The minimum atomic E-state index is -0.220. The standard InChI is InChI=1S/C39H47N3O4/c1-25-19-26(2)27(3)37(20-25)46-18-16-29-9-11-31(12-10-29)35-21-33-23-41(28(4)44)24-36(40-33)38(35)39(45)42(34-13-14-34)22-32-8-6-5-7-30(32)15-17-43/h5-12,19-20,33-34,36,40,43H,13-18,21-24H2,1-4H3/t33?,36-/m1/s1. The Morgan fingerprint density at radius 2 is 1.72 bits per heavy atom. The molecule has 1 saturated carbocycles. The van der Waals surface area contributed by atoms with Gasteiger partial charge >= 0.3 is 0 Å². The lowest BCUT2D eigenvalue weighted by Crippen LogP contribution is -2.61. The Kier molecular flexibility index (Phi) is 9.62. The Bertz CT molecular complexity index is 1620. The highest BCUT2D eigenvalue weighted by atomic mass is 16.5. The summed E-state index contributed by atoms with van der Waals surface area (Å²) in [6, 6.07) is 21.1. The van der Waals surface area contributed by atoms with E-state index in [0.29, 0.717) is 39.1 Å². The Morgan fingerprint density at radius 3 is 2.41 bits per heavy atom. The third kappa shape index (κ3) is 7.06. The number of benzene rings is 3. The molecule has 2 amide bonds. The third-order valence-corrected chi connectivity index (χ3v) is 9.88. The lowest BCUT2D eigenvalue weighted by Gasteiger charge is -2.44. The first kappa shape index (κ1) is 32.0. The third-order valence-electron chi connectivity index (χ3n) is 9.88. The van der Waals surface area contributed by atoms with Crippen LogP contribution in [0, 0.1) is 20.8 Å². The van der Waals surface area contributed by atoms with Crippen molar-refractivity contribution in [3.63, 3.8) is 0 Å². The van der Waals surface area contributed by atoms with Crippen LogP contribution in [0.1, 0.15) is 65.1 Å². The fourth-order valence-electron chi connectivity index (χ4n) is 7.09. The molecule has 6 rings (SSSR count). The van der Waals surface area contributed by atoms with Gasteiger partial charge in [0.15, 0.2) is 0 Å². The van der Waals surface area contributed by atoms with Crippen LogP contribution in [0.5, 0.6) is 5.75 Å². The monoisotopic (exact) mass is 621 g/mol. The van der Waals surface area contributed by atoms with Crippen LogP contribution in [0.3, 0.4) is 0 Å². The second-order valence-corrected chi connectivity index (χ2v) is 13.3. The summed E-state index contributed by atoms with van der Waals surface area (Å²) in [6.07, 6.45) is 4.04. The lowest BCUT2D eigenvalue weighted by atomic mass is 9.82.